The van der Waals surface area contributed by atoms with Crippen LogP contribution in [0.15, 0.2) is 48.5 Å². The number of aliphatic carboxylic acids is 1. The first-order valence-corrected chi connectivity index (χ1v) is 12.1. The zero-order valence-corrected chi connectivity index (χ0v) is 19.6. The maximum absolute atomic E-state index is 11.0. The quantitative estimate of drug-likeness (QED) is 0.536. The Bertz CT molecular complexity index is 901. The molecule has 4 rings (SSSR count). The van der Waals surface area contributed by atoms with E-state index in [2.05, 4.69) is 74.6 Å². The summed E-state index contributed by atoms with van der Waals surface area (Å²) in [6.07, 6.45) is 6.60. The normalized spacial score (nSPS) is 25.7. The van der Waals surface area contributed by atoms with Gasteiger partial charge in [-0.15, -0.1) is 0 Å². The van der Waals surface area contributed by atoms with Crippen LogP contribution in [0.2, 0.25) is 0 Å². The molecule has 0 bridgehead atoms. The molecule has 0 saturated heterocycles. The van der Waals surface area contributed by atoms with E-state index >= 15 is 0 Å². The van der Waals surface area contributed by atoms with Gasteiger partial charge in [-0.2, -0.15) is 0 Å². The Labute approximate surface area is 192 Å². The average molecular weight is 436 g/mol. The molecule has 2 saturated carbocycles. The van der Waals surface area contributed by atoms with Gasteiger partial charge in [0.25, 0.3) is 0 Å². The monoisotopic (exact) mass is 435 g/mol. The Kier molecular flexibility index (Phi) is 6.90. The summed E-state index contributed by atoms with van der Waals surface area (Å²) in [6, 6.07) is 17.3. The highest BCUT2D eigenvalue weighted by Gasteiger charge is 2.34. The van der Waals surface area contributed by atoms with Gasteiger partial charge in [0, 0.05) is 12.6 Å². The van der Waals surface area contributed by atoms with Crippen molar-refractivity contribution in [2.45, 2.75) is 78.0 Å². The summed E-state index contributed by atoms with van der Waals surface area (Å²) in [6.45, 7) is 7.82. The number of hydrogen-bond donors (Lipinski definition) is 2. The van der Waals surface area contributed by atoms with E-state index in [1.165, 1.54) is 29.5 Å². The van der Waals surface area contributed by atoms with Crippen molar-refractivity contribution in [3.05, 3.63) is 54.1 Å². The van der Waals surface area contributed by atoms with Gasteiger partial charge in [-0.05, 0) is 84.7 Å². The lowest BCUT2D eigenvalue weighted by molar-refractivity contribution is -0.145. The Morgan fingerprint density at radius 1 is 1.00 bits per heavy atom. The van der Waals surface area contributed by atoms with Crippen molar-refractivity contribution >= 4 is 5.97 Å². The molecule has 2 aromatic carbocycles. The average Bonchev–Trinajstić information content (AvgIpc) is 2.73. The van der Waals surface area contributed by atoms with E-state index in [0.29, 0.717) is 17.6 Å². The van der Waals surface area contributed by atoms with Crippen LogP contribution >= 0.6 is 0 Å². The van der Waals surface area contributed by atoms with Gasteiger partial charge in [-0.3, -0.25) is 4.79 Å². The molecular weight excluding hydrogens is 398 g/mol. The van der Waals surface area contributed by atoms with E-state index in [0.717, 1.165) is 43.9 Å². The zero-order chi connectivity index (χ0) is 22.7. The first kappa shape index (κ1) is 22.8. The molecule has 2 N–H and O–H groups in total. The molecule has 0 aromatic heterocycles. The number of carbonyl (C=O) groups is 1. The highest BCUT2D eigenvalue weighted by atomic mass is 16.5. The second-order valence-corrected chi connectivity index (χ2v) is 10.8. The fourth-order valence-electron chi connectivity index (χ4n) is 5.07. The number of nitrogens with one attached hydrogen (secondary N) is 1. The molecule has 2 aliphatic rings. The second kappa shape index (κ2) is 9.66. The third-order valence-electron chi connectivity index (χ3n) is 7.40. The van der Waals surface area contributed by atoms with Crippen LogP contribution in [0.3, 0.4) is 0 Å². The summed E-state index contributed by atoms with van der Waals surface area (Å²) in [7, 11) is 0. The van der Waals surface area contributed by atoms with Crippen LogP contribution < -0.4 is 10.1 Å². The molecule has 2 fully saturated rings. The van der Waals surface area contributed by atoms with E-state index in [4.69, 9.17) is 9.84 Å². The van der Waals surface area contributed by atoms with E-state index < -0.39 is 5.97 Å². The van der Waals surface area contributed by atoms with Gasteiger partial charge in [0.2, 0.25) is 0 Å². The molecule has 32 heavy (non-hydrogen) atoms. The van der Waals surface area contributed by atoms with Crippen molar-refractivity contribution in [3.8, 4) is 16.9 Å². The van der Waals surface area contributed by atoms with Crippen LogP contribution in [0.5, 0.6) is 5.75 Å². The predicted molar refractivity (Wildman–Crippen MR) is 129 cm³/mol. The second-order valence-electron chi connectivity index (χ2n) is 10.8. The SMILES string of the molecule is CC(C)(C)[C@H]1CC[C@H](Oc2ccc(-c3cccc(CNC4CC(C(=O)O)C4)c3)cc2)CC1. The highest BCUT2D eigenvalue weighted by Crippen LogP contribution is 2.39. The molecule has 0 aliphatic heterocycles. The van der Waals surface area contributed by atoms with E-state index in [-0.39, 0.29) is 5.92 Å². The molecule has 0 radical (unpaired) electrons. The molecule has 4 heteroatoms. The minimum Gasteiger partial charge on any atom is -0.490 e. The lowest BCUT2D eigenvalue weighted by atomic mass is 9.72. The largest absolute Gasteiger partial charge is 0.490 e. The van der Waals surface area contributed by atoms with Gasteiger partial charge in [0.05, 0.1) is 12.0 Å². The predicted octanol–water partition coefficient (Wildman–Crippen LogP) is 6.29. The molecule has 0 atom stereocenters. The summed E-state index contributed by atoms with van der Waals surface area (Å²) in [4.78, 5) is 11.0. The molecule has 172 valence electrons. The maximum Gasteiger partial charge on any atom is 0.306 e. The number of carboxylic acids is 1. The van der Waals surface area contributed by atoms with Crippen molar-refractivity contribution in [1.82, 2.24) is 5.32 Å². The van der Waals surface area contributed by atoms with E-state index in [1.54, 1.807) is 0 Å². The van der Waals surface area contributed by atoms with Crippen molar-refractivity contribution in [2.75, 3.05) is 0 Å². The van der Waals surface area contributed by atoms with Crippen molar-refractivity contribution in [1.29, 1.82) is 0 Å². The number of hydrogen-bond acceptors (Lipinski definition) is 3. The standard InChI is InChI=1S/C28H37NO3/c1-28(2,3)23-9-13-26(14-10-23)32-25-11-7-20(8-12-25)21-6-4-5-19(15-21)18-29-24-16-22(17-24)27(30)31/h4-8,11-12,15,22-24,26,29H,9-10,13-14,16-18H2,1-3H3,(H,30,31)/t22?,23-,24?,26-. The van der Waals surface area contributed by atoms with Gasteiger partial charge in [0.15, 0.2) is 0 Å². The van der Waals surface area contributed by atoms with Crippen LogP contribution in [0.25, 0.3) is 11.1 Å². The molecular formula is C28H37NO3. The van der Waals surface area contributed by atoms with Crippen LogP contribution in [0.1, 0.15) is 64.9 Å². The number of carboxylic acid groups (broad SMARTS) is 1. The zero-order valence-electron chi connectivity index (χ0n) is 19.6. The summed E-state index contributed by atoms with van der Waals surface area (Å²) in [5.41, 5.74) is 4.00. The number of benzene rings is 2. The Hall–Kier alpha value is -2.33. The lowest BCUT2D eigenvalue weighted by Gasteiger charge is -2.36. The van der Waals surface area contributed by atoms with E-state index in [1.807, 2.05) is 0 Å². The van der Waals surface area contributed by atoms with Crippen molar-refractivity contribution in [3.63, 3.8) is 0 Å². The van der Waals surface area contributed by atoms with Crippen LogP contribution in [-0.2, 0) is 11.3 Å². The smallest absolute Gasteiger partial charge is 0.306 e. The molecule has 0 unspecified atom stereocenters. The molecule has 2 aliphatic carbocycles. The van der Waals surface area contributed by atoms with Gasteiger partial charge < -0.3 is 15.2 Å². The Balaban J connectivity index is 1.29. The first-order chi connectivity index (χ1) is 15.3. The third-order valence-corrected chi connectivity index (χ3v) is 7.40. The number of ether oxygens (including phenoxy) is 1. The Morgan fingerprint density at radius 3 is 2.31 bits per heavy atom. The fraction of sp³-hybridized carbons (Fsp3) is 0.536. The summed E-state index contributed by atoms with van der Waals surface area (Å²) in [5.74, 6) is 0.918. The van der Waals surface area contributed by atoms with Crippen LogP contribution in [0.4, 0.5) is 0 Å². The summed E-state index contributed by atoms with van der Waals surface area (Å²) < 4.78 is 6.29. The van der Waals surface area contributed by atoms with Gasteiger partial charge in [-0.1, -0.05) is 51.1 Å². The van der Waals surface area contributed by atoms with E-state index in [9.17, 15) is 4.79 Å². The topological polar surface area (TPSA) is 58.6 Å². The summed E-state index contributed by atoms with van der Waals surface area (Å²) in [5, 5.41) is 12.5. The van der Waals surface area contributed by atoms with Crippen LogP contribution in [-0.4, -0.2) is 23.2 Å². The molecule has 2 aromatic rings. The van der Waals surface area contributed by atoms with Gasteiger partial charge in [0.1, 0.15) is 5.75 Å². The fourth-order valence-corrected chi connectivity index (χ4v) is 5.07. The molecule has 0 heterocycles. The van der Waals surface area contributed by atoms with Gasteiger partial charge in [-0.25, -0.2) is 0 Å². The van der Waals surface area contributed by atoms with Crippen LogP contribution in [0, 0.1) is 17.3 Å². The highest BCUT2D eigenvalue weighted by molar-refractivity contribution is 5.71. The molecule has 4 nitrogen and oxygen atoms in total. The molecule has 0 spiro atoms. The minimum atomic E-state index is -0.671. The van der Waals surface area contributed by atoms with Crippen molar-refractivity contribution < 1.29 is 14.6 Å². The third kappa shape index (κ3) is 5.72. The molecule has 0 amide bonds. The minimum absolute atomic E-state index is 0.173. The maximum atomic E-state index is 11.0. The number of rotatable bonds is 7. The van der Waals surface area contributed by atoms with Crippen molar-refractivity contribution in [2.24, 2.45) is 17.3 Å². The Morgan fingerprint density at radius 2 is 1.69 bits per heavy atom. The van der Waals surface area contributed by atoms with Gasteiger partial charge >= 0.3 is 5.97 Å². The summed E-state index contributed by atoms with van der Waals surface area (Å²) >= 11 is 0. The first-order valence-electron chi connectivity index (χ1n) is 12.1. The lowest BCUT2D eigenvalue weighted by Crippen LogP contribution is -2.43.